The summed E-state index contributed by atoms with van der Waals surface area (Å²) in [7, 11) is 0. The van der Waals surface area contributed by atoms with E-state index in [1.54, 1.807) is 0 Å². The van der Waals surface area contributed by atoms with Crippen molar-refractivity contribution >= 4 is 10.9 Å². The van der Waals surface area contributed by atoms with Crippen LogP contribution in [-0.4, -0.2) is 17.1 Å². The number of rotatable bonds is 1. The predicted octanol–water partition coefficient (Wildman–Crippen LogP) is 1.88. The lowest BCUT2D eigenvalue weighted by Crippen LogP contribution is -2.48. The molecule has 2 aromatic rings. The lowest BCUT2D eigenvalue weighted by Gasteiger charge is -2.32. The zero-order chi connectivity index (χ0) is 13.5. The van der Waals surface area contributed by atoms with Crippen LogP contribution in [0.4, 0.5) is 0 Å². The van der Waals surface area contributed by atoms with Crippen LogP contribution in [0.3, 0.4) is 0 Å². The second-order valence-electron chi connectivity index (χ2n) is 6.01. The maximum absolute atomic E-state index is 6.23. The van der Waals surface area contributed by atoms with E-state index < -0.39 is 0 Å². The number of nitrogens with zero attached hydrogens (tertiary/aromatic N) is 1. The van der Waals surface area contributed by atoms with Gasteiger partial charge in [-0.2, -0.15) is 0 Å². The van der Waals surface area contributed by atoms with Crippen molar-refractivity contribution in [3.63, 3.8) is 0 Å². The lowest BCUT2D eigenvalue weighted by atomic mass is 9.77. The Morgan fingerprint density at radius 1 is 1.15 bits per heavy atom. The molecule has 0 spiro atoms. The largest absolute Gasteiger partial charge is 0.326 e. The first-order valence-corrected chi connectivity index (χ1v) is 7.44. The Bertz CT molecular complexity index is 627. The number of pyridine rings is 1. The van der Waals surface area contributed by atoms with Gasteiger partial charge in [-0.3, -0.25) is 10.4 Å². The van der Waals surface area contributed by atoms with E-state index in [0.717, 1.165) is 11.9 Å². The molecule has 0 amide bonds. The third-order valence-corrected chi connectivity index (χ3v) is 4.80. The fraction of sp³-hybridized carbons (Fsp3) is 0.438. The Kier molecular flexibility index (Phi) is 2.95. The number of hydrazine groups is 1. The minimum absolute atomic E-state index is 0.264. The molecule has 4 rings (SSSR count). The summed E-state index contributed by atoms with van der Waals surface area (Å²) in [6, 6.07) is 11.5. The van der Waals surface area contributed by atoms with Crippen LogP contribution in [0, 0.1) is 5.92 Å². The smallest absolute Gasteiger partial charge is 0.0702 e. The van der Waals surface area contributed by atoms with E-state index >= 15 is 0 Å². The van der Waals surface area contributed by atoms with Crippen molar-refractivity contribution in [3.05, 3.63) is 42.1 Å². The highest BCUT2D eigenvalue weighted by Crippen LogP contribution is 2.37. The topological polar surface area (TPSA) is 63.0 Å². The molecule has 4 nitrogen and oxygen atoms in total. The minimum Gasteiger partial charge on any atom is -0.326 e. The Hall–Kier alpha value is -1.49. The van der Waals surface area contributed by atoms with E-state index in [2.05, 4.69) is 40.1 Å². The summed E-state index contributed by atoms with van der Waals surface area (Å²) >= 11 is 0. The van der Waals surface area contributed by atoms with Gasteiger partial charge in [0.1, 0.15) is 0 Å². The fourth-order valence-electron chi connectivity index (χ4n) is 3.74. The molecule has 2 aliphatic rings. The van der Waals surface area contributed by atoms with E-state index in [1.807, 2.05) is 12.3 Å². The molecule has 1 aromatic carbocycles. The van der Waals surface area contributed by atoms with Gasteiger partial charge in [-0.1, -0.05) is 24.6 Å². The third kappa shape index (κ3) is 1.92. The zero-order valence-corrected chi connectivity index (χ0v) is 11.4. The maximum Gasteiger partial charge on any atom is 0.0702 e. The highest BCUT2D eigenvalue weighted by molar-refractivity contribution is 5.78. The number of benzene rings is 1. The second kappa shape index (κ2) is 4.81. The van der Waals surface area contributed by atoms with Gasteiger partial charge in [-0.25, -0.2) is 5.43 Å². The molecular formula is C16H20N4. The van der Waals surface area contributed by atoms with Crippen molar-refractivity contribution in [1.29, 1.82) is 0 Å². The second-order valence-corrected chi connectivity index (χ2v) is 6.01. The first-order chi connectivity index (χ1) is 9.83. The molecule has 4 N–H and O–H groups in total. The Labute approximate surface area is 118 Å². The van der Waals surface area contributed by atoms with Gasteiger partial charge in [0.15, 0.2) is 0 Å². The quantitative estimate of drug-likeness (QED) is 0.739. The highest BCUT2D eigenvalue weighted by atomic mass is 15.4. The summed E-state index contributed by atoms with van der Waals surface area (Å²) in [4.78, 5) is 4.58. The average Bonchev–Trinajstić information content (AvgIpc) is 2.92. The van der Waals surface area contributed by atoms with Crippen molar-refractivity contribution in [1.82, 2.24) is 15.8 Å². The van der Waals surface area contributed by atoms with E-state index in [1.165, 1.54) is 23.8 Å². The number of fused-ring (bicyclic) bond motifs is 2. The van der Waals surface area contributed by atoms with Gasteiger partial charge in [0.05, 0.1) is 11.6 Å². The van der Waals surface area contributed by atoms with Gasteiger partial charge in [-0.05, 0) is 36.5 Å². The number of nitrogens with two attached hydrogens (primary N) is 1. The van der Waals surface area contributed by atoms with E-state index in [4.69, 9.17) is 5.73 Å². The molecular weight excluding hydrogens is 248 g/mol. The summed E-state index contributed by atoms with van der Waals surface area (Å²) in [5, 5.41) is 1.20. The van der Waals surface area contributed by atoms with Crippen LogP contribution < -0.4 is 16.6 Å². The van der Waals surface area contributed by atoms with Gasteiger partial charge >= 0.3 is 0 Å². The van der Waals surface area contributed by atoms with Gasteiger partial charge in [0, 0.05) is 23.7 Å². The van der Waals surface area contributed by atoms with Crippen LogP contribution in [0.2, 0.25) is 0 Å². The van der Waals surface area contributed by atoms with Crippen molar-refractivity contribution < 1.29 is 0 Å². The lowest BCUT2D eigenvalue weighted by molar-refractivity contribution is 0.273. The normalized spacial score (nSPS) is 33.2. The fourth-order valence-corrected chi connectivity index (χ4v) is 3.74. The number of aromatic nitrogens is 1. The van der Waals surface area contributed by atoms with Crippen LogP contribution in [-0.2, 0) is 0 Å². The van der Waals surface area contributed by atoms with Crippen LogP contribution >= 0.6 is 0 Å². The first-order valence-electron chi connectivity index (χ1n) is 7.44. The molecule has 2 heterocycles. The molecule has 4 atom stereocenters. The standard InChI is InChI=1S/C16H20N4/c17-13-6-3-5-12-15(19-20-16(12)13)11-8-10-4-1-2-7-14(10)18-9-11/h1-2,4,7-9,12-13,15-16,19-20H,3,5-6,17H2. The van der Waals surface area contributed by atoms with Crippen molar-refractivity contribution in [3.8, 4) is 0 Å². The average molecular weight is 268 g/mol. The van der Waals surface area contributed by atoms with Crippen LogP contribution in [0.5, 0.6) is 0 Å². The van der Waals surface area contributed by atoms with Crippen LogP contribution in [0.25, 0.3) is 10.9 Å². The molecule has 1 aliphatic carbocycles. The van der Waals surface area contributed by atoms with E-state index in [-0.39, 0.29) is 6.04 Å². The zero-order valence-electron chi connectivity index (χ0n) is 11.4. The molecule has 20 heavy (non-hydrogen) atoms. The summed E-state index contributed by atoms with van der Waals surface area (Å²) in [6.07, 6.45) is 5.59. The summed E-state index contributed by atoms with van der Waals surface area (Å²) in [5.74, 6) is 0.571. The molecule has 4 heteroatoms. The summed E-state index contributed by atoms with van der Waals surface area (Å²) in [5.41, 5.74) is 15.4. The van der Waals surface area contributed by atoms with E-state index in [9.17, 15) is 0 Å². The Morgan fingerprint density at radius 3 is 3.00 bits per heavy atom. The predicted molar refractivity (Wildman–Crippen MR) is 79.9 cm³/mol. The van der Waals surface area contributed by atoms with Crippen molar-refractivity contribution in [2.45, 2.75) is 37.4 Å². The minimum atomic E-state index is 0.264. The molecule has 0 bridgehead atoms. The molecule has 1 aromatic heterocycles. The molecule has 2 fully saturated rings. The molecule has 0 radical (unpaired) electrons. The maximum atomic E-state index is 6.23. The molecule has 1 saturated heterocycles. The monoisotopic (exact) mass is 268 g/mol. The summed E-state index contributed by atoms with van der Waals surface area (Å²) in [6.45, 7) is 0. The Morgan fingerprint density at radius 2 is 2.05 bits per heavy atom. The van der Waals surface area contributed by atoms with Crippen LogP contribution in [0.1, 0.15) is 30.9 Å². The third-order valence-electron chi connectivity index (χ3n) is 4.80. The van der Waals surface area contributed by atoms with Gasteiger partial charge in [-0.15, -0.1) is 0 Å². The molecule has 4 unspecified atom stereocenters. The van der Waals surface area contributed by atoms with Crippen molar-refractivity contribution in [2.75, 3.05) is 0 Å². The SMILES string of the molecule is NC1CCCC2C(c3cnc4ccccc4c3)NNC12. The van der Waals surface area contributed by atoms with Gasteiger partial charge in [0.2, 0.25) is 0 Å². The van der Waals surface area contributed by atoms with Gasteiger partial charge in [0.25, 0.3) is 0 Å². The molecule has 1 aliphatic heterocycles. The first kappa shape index (κ1) is 12.3. The Balaban J connectivity index is 1.69. The van der Waals surface area contributed by atoms with Gasteiger partial charge < -0.3 is 5.73 Å². The highest BCUT2D eigenvalue weighted by Gasteiger charge is 2.41. The molecule has 104 valence electrons. The van der Waals surface area contributed by atoms with E-state index in [0.29, 0.717) is 18.0 Å². The number of hydrogen-bond donors (Lipinski definition) is 3. The number of nitrogens with one attached hydrogen (secondary N) is 2. The van der Waals surface area contributed by atoms with Crippen LogP contribution in [0.15, 0.2) is 36.5 Å². The summed E-state index contributed by atoms with van der Waals surface area (Å²) < 4.78 is 0. The molecule has 1 saturated carbocycles. The van der Waals surface area contributed by atoms with Crippen molar-refractivity contribution in [2.24, 2.45) is 11.7 Å². The number of hydrogen-bond acceptors (Lipinski definition) is 4. The number of para-hydroxylation sites is 1.